The van der Waals surface area contributed by atoms with Gasteiger partial charge in [-0.1, -0.05) is 0 Å². The molecule has 1 fully saturated rings. The van der Waals surface area contributed by atoms with E-state index in [1.165, 1.54) is 12.1 Å². The molecule has 9 heteroatoms. The highest BCUT2D eigenvalue weighted by molar-refractivity contribution is 7.89. The highest BCUT2D eigenvalue weighted by atomic mass is 32.2. The number of sulfonamides is 1. The second kappa shape index (κ2) is 7.24. The van der Waals surface area contributed by atoms with Gasteiger partial charge in [0.25, 0.3) is 5.69 Å². The van der Waals surface area contributed by atoms with Gasteiger partial charge in [0.1, 0.15) is 5.69 Å². The first kappa shape index (κ1) is 17.6. The Labute approximate surface area is 136 Å². The second-order valence-electron chi connectivity index (χ2n) is 5.96. The molecule has 1 heterocycles. The normalized spacial score (nSPS) is 15.3. The number of rotatable bonds is 7. The number of hydrogen-bond donors (Lipinski definition) is 2. The summed E-state index contributed by atoms with van der Waals surface area (Å²) in [5.74, 6) is 0. The molecule has 0 aliphatic carbocycles. The van der Waals surface area contributed by atoms with Crippen molar-refractivity contribution in [2.75, 3.05) is 45.2 Å². The van der Waals surface area contributed by atoms with Gasteiger partial charge in [0, 0.05) is 19.2 Å². The van der Waals surface area contributed by atoms with Gasteiger partial charge in [-0.2, -0.15) is 0 Å². The molecule has 1 aromatic rings. The van der Waals surface area contributed by atoms with E-state index in [1.807, 2.05) is 19.0 Å². The molecule has 1 aliphatic rings. The molecule has 0 aromatic heterocycles. The quantitative estimate of drug-likeness (QED) is 0.519. The molecule has 1 aromatic carbocycles. The fourth-order valence-corrected chi connectivity index (χ4v) is 3.61. The first-order valence-corrected chi connectivity index (χ1v) is 9.11. The Kier molecular flexibility index (Phi) is 5.55. The topological polar surface area (TPSA) is 97.0 Å². The number of hydrogen-bond acceptors (Lipinski definition) is 5. The van der Waals surface area contributed by atoms with Crippen molar-refractivity contribution in [3.63, 3.8) is 0 Å². The van der Waals surface area contributed by atoms with Crippen molar-refractivity contribution in [3.8, 4) is 0 Å². The van der Waals surface area contributed by atoms with Gasteiger partial charge in [-0.3, -0.25) is 10.1 Å². The minimum Gasteiger partial charge on any atom is -0.366 e. The summed E-state index contributed by atoms with van der Waals surface area (Å²) < 4.78 is 27.0. The number of likely N-dealkylation sites (N-methyl/N-ethyl adjacent to an activating group) is 1. The zero-order valence-corrected chi connectivity index (χ0v) is 14.2. The van der Waals surface area contributed by atoms with Crippen LogP contribution in [0, 0.1) is 10.1 Å². The van der Waals surface area contributed by atoms with Crippen LogP contribution in [0.5, 0.6) is 0 Å². The number of nitrogens with zero attached hydrogens (tertiary/aromatic N) is 2. The van der Waals surface area contributed by atoms with Crippen LogP contribution in [0.4, 0.5) is 11.4 Å². The van der Waals surface area contributed by atoms with E-state index in [0.29, 0.717) is 12.2 Å². The summed E-state index contributed by atoms with van der Waals surface area (Å²) in [4.78, 5) is 13.8. The molecule has 0 saturated carbocycles. The van der Waals surface area contributed by atoms with Crippen LogP contribution in [0.1, 0.15) is 12.8 Å². The van der Waals surface area contributed by atoms with Crippen LogP contribution in [0.3, 0.4) is 0 Å². The van der Waals surface area contributed by atoms with Crippen molar-refractivity contribution in [3.05, 3.63) is 28.3 Å². The number of nitro benzene ring substituents is 1. The maximum absolute atomic E-state index is 12.3. The van der Waals surface area contributed by atoms with Crippen LogP contribution in [0.25, 0.3) is 0 Å². The Morgan fingerprint density at radius 1 is 1.30 bits per heavy atom. The van der Waals surface area contributed by atoms with E-state index in [0.717, 1.165) is 36.9 Å². The third-order valence-corrected chi connectivity index (χ3v) is 5.28. The summed E-state index contributed by atoms with van der Waals surface area (Å²) in [5, 5.41) is 11.3. The van der Waals surface area contributed by atoms with Crippen LogP contribution in [0.15, 0.2) is 23.1 Å². The van der Waals surface area contributed by atoms with Gasteiger partial charge in [0.15, 0.2) is 0 Å². The lowest BCUT2D eigenvalue weighted by Gasteiger charge is -2.18. The van der Waals surface area contributed by atoms with E-state index in [4.69, 9.17) is 0 Å². The molecular weight excluding hydrogens is 320 g/mol. The molecule has 2 N–H and O–H groups in total. The highest BCUT2D eigenvalue weighted by Crippen LogP contribution is 2.32. The SMILES string of the molecule is C[NH+](C)CCNS(=O)(=O)c1ccc(N2CCCC2)c([N+](=O)[O-])c1. The molecule has 23 heavy (non-hydrogen) atoms. The lowest BCUT2D eigenvalue weighted by molar-refractivity contribution is -0.856. The molecular formula is C14H23N4O4S+. The van der Waals surface area contributed by atoms with Gasteiger partial charge in [-0.05, 0) is 25.0 Å². The second-order valence-corrected chi connectivity index (χ2v) is 7.72. The third kappa shape index (κ3) is 4.40. The monoisotopic (exact) mass is 343 g/mol. The fourth-order valence-electron chi connectivity index (χ4n) is 2.56. The lowest BCUT2D eigenvalue weighted by atomic mass is 10.2. The van der Waals surface area contributed by atoms with Gasteiger partial charge in [-0.25, -0.2) is 13.1 Å². The van der Waals surface area contributed by atoms with Crippen LogP contribution in [-0.4, -0.2) is 53.6 Å². The molecule has 0 radical (unpaired) electrons. The zero-order valence-electron chi connectivity index (χ0n) is 13.4. The van der Waals surface area contributed by atoms with Gasteiger partial charge in [0.2, 0.25) is 10.0 Å². The maximum atomic E-state index is 12.3. The summed E-state index contributed by atoms with van der Waals surface area (Å²) in [5.41, 5.74) is 0.331. The van der Waals surface area contributed by atoms with E-state index in [1.54, 1.807) is 0 Å². The third-order valence-electron chi connectivity index (χ3n) is 3.82. The Morgan fingerprint density at radius 2 is 1.96 bits per heavy atom. The van der Waals surface area contributed by atoms with Crippen molar-refractivity contribution in [2.24, 2.45) is 0 Å². The number of nitrogens with one attached hydrogen (secondary N) is 2. The van der Waals surface area contributed by atoms with Crippen molar-refractivity contribution >= 4 is 21.4 Å². The molecule has 128 valence electrons. The molecule has 0 atom stereocenters. The molecule has 0 bridgehead atoms. The molecule has 2 rings (SSSR count). The maximum Gasteiger partial charge on any atom is 0.293 e. The summed E-state index contributed by atoms with van der Waals surface area (Å²) in [6.07, 6.45) is 1.98. The molecule has 1 saturated heterocycles. The Balaban J connectivity index is 2.26. The van der Waals surface area contributed by atoms with E-state index >= 15 is 0 Å². The predicted molar refractivity (Wildman–Crippen MR) is 87.4 cm³/mol. The number of benzene rings is 1. The minimum atomic E-state index is -3.74. The van der Waals surface area contributed by atoms with Crippen LogP contribution in [-0.2, 0) is 10.0 Å². The molecule has 0 spiro atoms. The number of quaternary nitrogens is 1. The first-order valence-electron chi connectivity index (χ1n) is 7.63. The Morgan fingerprint density at radius 3 is 2.52 bits per heavy atom. The zero-order chi connectivity index (χ0) is 17.0. The Bertz CT molecular complexity index is 669. The van der Waals surface area contributed by atoms with Gasteiger partial charge >= 0.3 is 0 Å². The van der Waals surface area contributed by atoms with Gasteiger partial charge in [0.05, 0.1) is 37.0 Å². The van der Waals surface area contributed by atoms with E-state index in [-0.39, 0.29) is 17.1 Å². The van der Waals surface area contributed by atoms with Gasteiger partial charge in [-0.15, -0.1) is 0 Å². The first-order chi connectivity index (χ1) is 10.8. The minimum absolute atomic E-state index is 0.0686. The summed E-state index contributed by atoms with van der Waals surface area (Å²) in [6, 6.07) is 4.12. The molecule has 0 amide bonds. The van der Waals surface area contributed by atoms with Crippen molar-refractivity contribution < 1.29 is 18.2 Å². The van der Waals surface area contributed by atoms with Crippen molar-refractivity contribution in [1.82, 2.24) is 4.72 Å². The summed E-state index contributed by atoms with van der Waals surface area (Å²) in [7, 11) is 0.103. The highest BCUT2D eigenvalue weighted by Gasteiger charge is 2.25. The number of nitro groups is 1. The molecule has 8 nitrogen and oxygen atoms in total. The largest absolute Gasteiger partial charge is 0.366 e. The number of anilines is 1. The van der Waals surface area contributed by atoms with E-state index in [9.17, 15) is 18.5 Å². The van der Waals surface area contributed by atoms with Crippen LogP contribution in [0.2, 0.25) is 0 Å². The van der Waals surface area contributed by atoms with Crippen LogP contribution < -0.4 is 14.5 Å². The van der Waals surface area contributed by atoms with E-state index in [2.05, 4.69) is 4.72 Å². The lowest BCUT2D eigenvalue weighted by Crippen LogP contribution is -3.06. The van der Waals surface area contributed by atoms with Gasteiger partial charge < -0.3 is 9.80 Å². The summed E-state index contributed by atoms with van der Waals surface area (Å²) in [6.45, 7) is 2.44. The summed E-state index contributed by atoms with van der Waals surface area (Å²) >= 11 is 0. The molecule has 1 aliphatic heterocycles. The smallest absolute Gasteiger partial charge is 0.293 e. The molecule has 0 unspecified atom stereocenters. The predicted octanol–water partition coefficient (Wildman–Crippen LogP) is -0.382. The Hall–Kier alpha value is -1.71. The standard InChI is InChI=1S/C14H22N4O4S/c1-16(2)10-7-15-23(21,22)12-5-6-13(14(11-12)18(19)20)17-8-3-4-9-17/h5-6,11,15H,3-4,7-10H2,1-2H3/p+1. The van der Waals surface area contributed by atoms with Crippen molar-refractivity contribution in [2.45, 2.75) is 17.7 Å². The van der Waals surface area contributed by atoms with E-state index < -0.39 is 14.9 Å². The average Bonchev–Trinajstić information content (AvgIpc) is 3.00. The van der Waals surface area contributed by atoms with Crippen LogP contribution >= 0.6 is 0 Å². The average molecular weight is 343 g/mol. The van der Waals surface area contributed by atoms with Crippen molar-refractivity contribution in [1.29, 1.82) is 0 Å². The fraction of sp³-hybridized carbons (Fsp3) is 0.571.